The van der Waals surface area contributed by atoms with Gasteiger partial charge in [-0.15, -0.1) is 0 Å². The molecule has 6 nitrogen and oxygen atoms in total. The van der Waals surface area contributed by atoms with Gasteiger partial charge in [0.25, 0.3) is 0 Å². The molecule has 8 heteroatoms. The summed E-state index contributed by atoms with van der Waals surface area (Å²) in [5, 5.41) is 0. The summed E-state index contributed by atoms with van der Waals surface area (Å²) in [7, 11) is 2.62. The molecule has 0 heterocycles. The molecule has 0 rings (SSSR count). The number of rotatable bonds is 5. The van der Waals surface area contributed by atoms with E-state index in [9.17, 15) is 9.59 Å². The first kappa shape index (κ1) is 20.8. The highest BCUT2D eigenvalue weighted by molar-refractivity contribution is 5.75. The average molecular weight is 277 g/mol. The molecule has 0 bridgehead atoms. The topological polar surface area (TPSA) is 108 Å². The van der Waals surface area contributed by atoms with Crippen molar-refractivity contribution in [2.75, 3.05) is 14.2 Å². The standard InChI is InChI=1S/C8H16N2O4.2ClH/c1-13-7(11)5(9)3-4-6(10)8(12)14-2;;/h5-6H,3-4,9-10H2,1-2H3;2*1H. The number of hydrogen-bond acceptors (Lipinski definition) is 4. The van der Waals surface area contributed by atoms with Crippen molar-refractivity contribution in [2.45, 2.75) is 24.9 Å². The summed E-state index contributed by atoms with van der Waals surface area (Å²) in [6, 6.07) is -0.900. The van der Waals surface area contributed by atoms with Crippen molar-refractivity contribution in [2.24, 2.45) is 0 Å². The molecular formula is C8H18Cl2N2O4. The summed E-state index contributed by atoms with van der Waals surface area (Å²) in [6.45, 7) is 0. The lowest BCUT2D eigenvalue weighted by Crippen LogP contribution is -3.00. The van der Waals surface area contributed by atoms with Gasteiger partial charge in [-0.1, -0.05) is 0 Å². The van der Waals surface area contributed by atoms with Gasteiger partial charge in [0, 0.05) is 12.8 Å². The number of carbonyl (C=O) groups excluding carboxylic acids is 2. The third-order valence-electron chi connectivity index (χ3n) is 1.93. The number of esters is 2. The Morgan fingerprint density at radius 3 is 1.38 bits per heavy atom. The lowest BCUT2D eigenvalue weighted by atomic mass is 10.1. The summed E-state index contributed by atoms with van der Waals surface area (Å²) in [5.41, 5.74) is 7.22. The van der Waals surface area contributed by atoms with E-state index in [1.165, 1.54) is 14.2 Å². The van der Waals surface area contributed by atoms with Gasteiger partial charge >= 0.3 is 11.9 Å². The van der Waals surface area contributed by atoms with Gasteiger partial charge in [0.15, 0.2) is 12.1 Å². The van der Waals surface area contributed by atoms with Crippen molar-refractivity contribution in [3.05, 3.63) is 0 Å². The van der Waals surface area contributed by atoms with E-state index in [1.807, 2.05) is 0 Å². The molecule has 2 atom stereocenters. The molecule has 6 N–H and O–H groups in total. The SMILES string of the molecule is COC(=O)C([NH3+])CCC([NH3+])C(=O)OC.[Cl-].[Cl-]. The van der Waals surface area contributed by atoms with Gasteiger partial charge in [0.2, 0.25) is 0 Å². The fourth-order valence-corrected chi connectivity index (χ4v) is 0.971. The average Bonchev–Trinajstić information content (AvgIpc) is 2.22. The highest BCUT2D eigenvalue weighted by Crippen LogP contribution is 1.98. The molecule has 0 spiro atoms. The normalized spacial score (nSPS) is 12.5. The largest absolute Gasteiger partial charge is 1.00 e. The molecule has 0 aliphatic heterocycles. The Kier molecular flexibility index (Phi) is 14.2. The van der Waals surface area contributed by atoms with Crippen LogP contribution in [0.1, 0.15) is 12.8 Å². The lowest BCUT2D eigenvalue weighted by Gasteiger charge is -2.08. The van der Waals surface area contributed by atoms with Crippen molar-refractivity contribution in [3.8, 4) is 0 Å². The lowest BCUT2D eigenvalue weighted by molar-refractivity contribution is -0.426. The maximum Gasteiger partial charge on any atom is 0.364 e. The molecule has 0 fully saturated rings. The molecule has 0 aromatic carbocycles. The van der Waals surface area contributed by atoms with Crippen LogP contribution in [-0.4, -0.2) is 38.2 Å². The summed E-state index contributed by atoms with van der Waals surface area (Å²) >= 11 is 0. The Bertz CT molecular complexity index is 194. The van der Waals surface area contributed by atoms with E-state index in [1.54, 1.807) is 0 Å². The molecule has 0 aromatic heterocycles. The molecule has 2 unspecified atom stereocenters. The minimum atomic E-state index is -0.450. The van der Waals surface area contributed by atoms with Crippen LogP contribution in [0.3, 0.4) is 0 Å². The van der Waals surface area contributed by atoms with Crippen molar-refractivity contribution >= 4 is 11.9 Å². The summed E-state index contributed by atoms with van der Waals surface area (Å²) in [4.78, 5) is 21.9. The number of hydrogen-bond donors (Lipinski definition) is 2. The molecule has 0 radical (unpaired) electrons. The van der Waals surface area contributed by atoms with Gasteiger partial charge < -0.3 is 45.8 Å². The van der Waals surface area contributed by atoms with Crippen molar-refractivity contribution < 1.29 is 55.3 Å². The van der Waals surface area contributed by atoms with Gasteiger partial charge in [0.05, 0.1) is 14.2 Å². The fourth-order valence-electron chi connectivity index (χ4n) is 0.971. The van der Waals surface area contributed by atoms with Crippen LogP contribution in [0.25, 0.3) is 0 Å². The van der Waals surface area contributed by atoms with E-state index in [4.69, 9.17) is 0 Å². The predicted molar refractivity (Wildman–Crippen MR) is 46.6 cm³/mol. The number of halogens is 2. The van der Waals surface area contributed by atoms with Crippen LogP contribution in [-0.2, 0) is 19.1 Å². The second-order valence-electron chi connectivity index (χ2n) is 3.02. The van der Waals surface area contributed by atoms with Gasteiger partial charge in [-0.2, -0.15) is 0 Å². The van der Waals surface area contributed by atoms with Crippen LogP contribution in [0, 0.1) is 0 Å². The van der Waals surface area contributed by atoms with Crippen LogP contribution in [0.2, 0.25) is 0 Å². The zero-order valence-corrected chi connectivity index (χ0v) is 10.9. The van der Waals surface area contributed by atoms with E-state index in [-0.39, 0.29) is 36.8 Å². The number of carbonyl (C=O) groups is 2. The van der Waals surface area contributed by atoms with Crippen LogP contribution in [0.15, 0.2) is 0 Å². The molecular weight excluding hydrogens is 259 g/mol. The molecule has 0 aliphatic rings. The third kappa shape index (κ3) is 7.70. The minimum Gasteiger partial charge on any atom is -1.00 e. The summed E-state index contributed by atoms with van der Waals surface area (Å²) < 4.78 is 8.99. The first-order valence-corrected chi connectivity index (χ1v) is 4.34. The van der Waals surface area contributed by atoms with E-state index in [0.29, 0.717) is 12.8 Å². The predicted octanol–water partition coefficient (Wildman–Crippen LogP) is -8.66. The Balaban J connectivity index is -0.000000845. The van der Waals surface area contributed by atoms with Crippen LogP contribution in [0.4, 0.5) is 0 Å². The Hall–Kier alpha value is -0.560. The molecule has 0 aromatic rings. The highest BCUT2D eigenvalue weighted by atomic mass is 35.5. The number of quaternary nitrogens is 2. The second-order valence-corrected chi connectivity index (χ2v) is 3.02. The van der Waals surface area contributed by atoms with Gasteiger partial charge in [-0.25, -0.2) is 9.59 Å². The van der Waals surface area contributed by atoms with Crippen molar-refractivity contribution in [1.29, 1.82) is 0 Å². The zero-order valence-electron chi connectivity index (χ0n) is 9.37. The minimum absolute atomic E-state index is 0. The van der Waals surface area contributed by atoms with E-state index in [0.717, 1.165) is 0 Å². The first-order valence-electron chi connectivity index (χ1n) is 4.34. The maximum atomic E-state index is 10.9. The van der Waals surface area contributed by atoms with Crippen molar-refractivity contribution in [1.82, 2.24) is 0 Å². The fraction of sp³-hybridized carbons (Fsp3) is 0.750. The van der Waals surface area contributed by atoms with Gasteiger partial charge in [0.1, 0.15) is 0 Å². The van der Waals surface area contributed by atoms with Crippen LogP contribution in [0.5, 0.6) is 0 Å². The number of ether oxygens (including phenoxy) is 2. The summed E-state index contributed by atoms with van der Waals surface area (Å²) in [6.07, 6.45) is 0.936. The quantitative estimate of drug-likeness (QED) is 0.486. The van der Waals surface area contributed by atoms with E-state index >= 15 is 0 Å². The molecule has 0 saturated heterocycles. The second kappa shape index (κ2) is 10.9. The molecule has 0 aliphatic carbocycles. The molecule has 16 heavy (non-hydrogen) atoms. The first-order chi connectivity index (χ1) is 6.52. The third-order valence-corrected chi connectivity index (χ3v) is 1.93. The summed E-state index contributed by atoms with van der Waals surface area (Å²) in [5.74, 6) is -0.746. The molecule has 0 saturated carbocycles. The Morgan fingerprint density at radius 1 is 0.938 bits per heavy atom. The molecule has 0 amide bonds. The van der Waals surface area contributed by atoms with Crippen LogP contribution < -0.4 is 36.3 Å². The smallest absolute Gasteiger partial charge is 0.364 e. The number of methoxy groups -OCH3 is 2. The van der Waals surface area contributed by atoms with Gasteiger partial charge in [-0.3, -0.25) is 0 Å². The van der Waals surface area contributed by atoms with E-state index in [2.05, 4.69) is 20.9 Å². The Labute approximate surface area is 107 Å². The Morgan fingerprint density at radius 2 is 1.19 bits per heavy atom. The van der Waals surface area contributed by atoms with Crippen molar-refractivity contribution in [3.63, 3.8) is 0 Å². The van der Waals surface area contributed by atoms with E-state index < -0.39 is 12.1 Å². The zero-order chi connectivity index (χ0) is 11.1. The monoisotopic (exact) mass is 276 g/mol. The van der Waals surface area contributed by atoms with Crippen LogP contribution >= 0.6 is 0 Å². The molecule has 98 valence electrons. The highest BCUT2D eigenvalue weighted by Gasteiger charge is 2.23. The van der Waals surface area contributed by atoms with Gasteiger partial charge in [-0.05, 0) is 0 Å². The maximum absolute atomic E-state index is 10.9.